The van der Waals surface area contributed by atoms with Gasteiger partial charge in [-0.1, -0.05) is 0 Å². The van der Waals surface area contributed by atoms with Crippen LogP contribution in [0.4, 0.5) is 4.39 Å². The highest BCUT2D eigenvalue weighted by atomic mass is 19.1. The molecule has 1 saturated heterocycles. The maximum Gasteiger partial charge on any atom is 0.220 e. The summed E-state index contributed by atoms with van der Waals surface area (Å²) in [6.45, 7) is 4.76. The number of nitrogens with zero attached hydrogens (tertiary/aromatic N) is 3. The highest BCUT2D eigenvalue weighted by Crippen LogP contribution is 2.26. The lowest BCUT2D eigenvalue weighted by Gasteiger charge is -2.35. The molecule has 2 aromatic heterocycles. The summed E-state index contributed by atoms with van der Waals surface area (Å²) in [4.78, 5) is 16.0. The van der Waals surface area contributed by atoms with Crippen LogP contribution in [0.25, 0.3) is 0 Å². The Hall–Kier alpha value is -2.28. The molecule has 0 aliphatic carbocycles. The van der Waals surface area contributed by atoms with Gasteiger partial charge in [0.1, 0.15) is 5.82 Å². The van der Waals surface area contributed by atoms with Gasteiger partial charge >= 0.3 is 0 Å². The summed E-state index contributed by atoms with van der Waals surface area (Å²) in [5.74, 6) is -0.296. The molecule has 7 heteroatoms. The minimum Gasteiger partial charge on any atom is -0.346 e. The molecule has 1 aliphatic rings. The van der Waals surface area contributed by atoms with E-state index in [-0.39, 0.29) is 29.8 Å². The summed E-state index contributed by atoms with van der Waals surface area (Å²) >= 11 is 0. The largest absolute Gasteiger partial charge is 0.346 e. The monoisotopic (exact) mass is 331 g/mol. The molecule has 0 radical (unpaired) electrons. The fourth-order valence-corrected chi connectivity index (χ4v) is 3.18. The van der Waals surface area contributed by atoms with Crippen LogP contribution in [0, 0.1) is 5.82 Å². The minimum atomic E-state index is -0.347. The number of halogens is 1. The van der Waals surface area contributed by atoms with E-state index in [0.29, 0.717) is 6.42 Å². The molecule has 3 atom stereocenters. The first-order chi connectivity index (χ1) is 11.6. The predicted octanol–water partition coefficient (Wildman–Crippen LogP) is 2.11. The van der Waals surface area contributed by atoms with Crippen molar-refractivity contribution in [1.82, 2.24) is 25.4 Å². The SMILES string of the molecule is CCn1nccc1C1NC(=O)CCC1NC(C)c1ccc(F)cn1. The second-order valence-corrected chi connectivity index (χ2v) is 6.05. The molecule has 0 aromatic carbocycles. The van der Waals surface area contributed by atoms with Gasteiger partial charge in [-0.15, -0.1) is 0 Å². The van der Waals surface area contributed by atoms with Gasteiger partial charge in [0.2, 0.25) is 5.91 Å². The van der Waals surface area contributed by atoms with Crippen molar-refractivity contribution in [2.45, 2.75) is 51.4 Å². The van der Waals surface area contributed by atoms with Crippen LogP contribution in [0.1, 0.15) is 50.2 Å². The summed E-state index contributed by atoms with van der Waals surface area (Å²) < 4.78 is 14.9. The number of rotatable bonds is 5. The van der Waals surface area contributed by atoms with Crippen molar-refractivity contribution in [3.63, 3.8) is 0 Å². The molecule has 2 N–H and O–H groups in total. The molecule has 3 unspecified atom stereocenters. The van der Waals surface area contributed by atoms with Gasteiger partial charge in [0.15, 0.2) is 0 Å². The normalized spacial score (nSPS) is 22.2. The first-order valence-corrected chi connectivity index (χ1v) is 8.27. The molecule has 0 bridgehead atoms. The van der Waals surface area contributed by atoms with Crippen molar-refractivity contribution in [2.75, 3.05) is 0 Å². The Bertz CT molecular complexity index is 699. The molecule has 24 heavy (non-hydrogen) atoms. The summed E-state index contributed by atoms with van der Waals surface area (Å²) in [5.41, 5.74) is 1.76. The van der Waals surface area contributed by atoms with E-state index in [9.17, 15) is 9.18 Å². The Morgan fingerprint density at radius 2 is 2.29 bits per heavy atom. The molecular weight excluding hydrogens is 309 g/mol. The average Bonchev–Trinajstić information content (AvgIpc) is 3.05. The second-order valence-electron chi connectivity index (χ2n) is 6.05. The molecule has 1 aliphatic heterocycles. The molecule has 1 fully saturated rings. The van der Waals surface area contributed by atoms with Gasteiger partial charge in [-0.2, -0.15) is 5.10 Å². The number of amides is 1. The third-order valence-electron chi connectivity index (χ3n) is 4.43. The minimum absolute atomic E-state index is 0.0499. The lowest BCUT2D eigenvalue weighted by atomic mass is 9.94. The van der Waals surface area contributed by atoms with E-state index in [1.54, 1.807) is 12.3 Å². The van der Waals surface area contributed by atoms with E-state index in [1.807, 2.05) is 24.6 Å². The number of piperidine rings is 1. The molecule has 3 heterocycles. The van der Waals surface area contributed by atoms with Gasteiger partial charge in [0.05, 0.1) is 23.6 Å². The zero-order valence-electron chi connectivity index (χ0n) is 13.9. The van der Waals surface area contributed by atoms with Gasteiger partial charge in [0, 0.05) is 31.2 Å². The zero-order valence-corrected chi connectivity index (χ0v) is 13.9. The smallest absolute Gasteiger partial charge is 0.220 e. The van der Waals surface area contributed by atoms with Crippen LogP contribution in [-0.2, 0) is 11.3 Å². The van der Waals surface area contributed by atoms with Crippen molar-refractivity contribution in [1.29, 1.82) is 0 Å². The summed E-state index contributed by atoms with van der Waals surface area (Å²) in [5, 5.41) is 10.9. The number of pyridine rings is 1. The number of nitrogens with one attached hydrogen (secondary N) is 2. The fourth-order valence-electron chi connectivity index (χ4n) is 3.18. The van der Waals surface area contributed by atoms with Gasteiger partial charge in [0.25, 0.3) is 0 Å². The van der Waals surface area contributed by atoms with E-state index in [1.165, 1.54) is 12.3 Å². The molecule has 128 valence electrons. The van der Waals surface area contributed by atoms with Crippen LogP contribution >= 0.6 is 0 Å². The third-order valence-corrected chi connectivity index (χ3v) is 4.43. The second kappa shape index (κ2) is 7.09. The fraction of sp³-hybridized carbons (Fsp3) is 0.471. The Morgan fingerprint density at radius 3 is 3.00 bits per heavy atom. The number of carbonyl (C=O) groups excluding carboxylic acids is 1. The van der Waals surface area contributed by atoms with Crippen molar-refractivity contribution >= 4 is 5.91 Å². The van der Waals surface area contributed by atoms with Crippen LogP contribution in [0.3, 0.4) is 0 Å². The molecular formula is C17H22FN5O. The van der Waals surface area contributed by atoms with Gasteiger partial charge in [-0.3, -0.25) is 14.5 Å². The van der Waals surface area contributed by atoms with Gasteiger partial charge in [-0.25, -0.2) is 4.39 Å². The van der Waals surface area contributed by atoms with Crippen molar-refractivity contribution < 1.29 is 9.18 Å². The molecule has 2 aromatic rings. The predicted molar refractivity (Wildman–Crippen MR) is 87.6 cm³/mol. The first kappa shape index (κ1) is 16.6. The Morgan fingerprint density at radius 1 is 1.46 bits per heavy atom. The van der Waals surface area contributed by atoms with E-state index >= 15 is 0 Å². The van der Waals surface area contributed by atoms with Gasteiger partial charge < -0.3 is 10.6 Å². The maximum absolute atomic E-state index is 13.0. The highest BCUT2D eigenvalue weighted by Gasteiger charge is 2.32. The summed E-state index contributed by atoms with van der Waals surface area (Å²) in [7, 11) is 0. The topological polar surface area (TPSA) is 71.8 Å². The van der Waals surface area contributed by atoms with Crippen LogP contribution in [0.2, 0.25) is 0 Å². The van der Waals surface area contributed by atoms with E-state index in [2.05, 4.69) is 20.7 Å². The van der Waals surface area contributed by atoms with E-state index in [0.717, 1.165) is 24.4 Å². The summed E-state index contributed by atoms with van der Waals surface area (Å²) in [6, 6.07) is 4.90. The van der Waals surface area contributed by atoms with Crippen molar-refractivity contribution in [2.24, 2.45) is 0 Å². The summed E-state index contributed by atoms with van der Waals surface area (Å²) in [6.07, 6.45) is 4.19. The van der Waals surface area contributed by atoms with Crippen LogP contribution < -0.4 is 10.6 Å². The molecule has 0 spiro atoms. The third kappa shape index (κ3) is 3.46. The average molecular weight is 331 g/mol. The van der Waals surface area contributed by atoms with E-state index in [4.69, 9.17) is 0 Å². The standard InChI is InChI=1S/C17H22FN5O/c1-3-23-15(8-9-20-23)17-14(6-7-16(24)22-17)21-11(2)13-5-4-12(18)10-19-13/h4-5,8-11,14,17,21H,3,6-7H2,1-2H3,(H,22,24). The Kier molecular flexibility index (Phi) is 4.89. The quantitative estimate of drug-likeness (QED) is 0.880. The molecule has 0 saturated carbocycles. The molecule has 3 rings (SSSR count). The maximum atomic E-state index is 13.0. The lowest BCUT2D eigenvalue weighted by Crippen LogP contribution is -2.49. The van der Waals surface area contributed by atoms with Gasteiger partial charge in [-0.05, 0) is 38.5 Å². The molecule has 6 nitrogen and oxygen atoms in total. The van der Waals surface area contributed by atoms with Crippen molar-refractivity contribution in [3.05, 3.63) is 47.8 Å². The number of aryl methyl sites for hydroxylation is 1. The van der Waals surface area contributed by atoms with E-state index < -0.39 is 0 Å². The number of aromatic nitrogens is 3. The van der Waals surface area contributed by atoms with Crippen LogP contribution in [-0.4, -0.2) is 26.7 Å². The number of hydrogen-bond acceptors (Lipinski definition) is 4. The van der Waals surface area contributed by atoms with Crippen molar-refractivity contribution in [3.8, 4) is 0 Å². The van der Waals surface area contributed by atoms with Crippen LogP contribution in [0.15, 0.2) is 30.6 Å². The first-order valence-electron chi connectivity index (χ1n) is 8.27. The number of hydrogen-bond donors (Lipinski definition) is 2. The number of carbonyl (C=O) groups is 1. The Balaban J connectivity index is 1.79. The highest BCUT2D eigenvalue weighted by molar-refractivity contribution is 5.77. The zero-order chi connectivity index (χ0) is 17.1. The molecule has 1 amide bonds. The Labute approximate surface area is 140 Å². The van der Waals surface area contributed by atoms with Crippen LogP contribution in [0.5, 0.6) is 0 Å². The lowest BCUT2D eigenvalue weighted by molar-refractivity contribution is -0.124.